The van der Waals surface area contributed by atoms with Gasteiger partial charge < -0.3 is 14.2 Å². The summed E-state index contributed by atoms with van der Waals surface area (Å²) in [6.45, 7) is 1.29. The molecule has 0 fully saturated rings. The van der Waals surface area contributed by atoms with E-state index in [1.54, 1.807) is 24.3 Å². The van der Waals surface area contributed by atoms with E-state index in [-0.39, 0.29) is 11.3 Å². The first-order valence-electron chi connectivity index (χ1n) is 7.33. The van der Waals surface area contributed by atoms with Crippen molar-refractivity contribution < 1.29 is 28.7 Å². The van der Waals surface area contributed by atoms with Crippen LogP contribution >= 0.6 is 11.6 Å². The van der Waals surface area contributed by atoms with Gasteiger partial charge in [0.2, 0.25) is 0 Å². The lowest BCUT2D eigenvalue weighted by molar-refractivity contribution is -0.385. The minimum absolute atomic E-state index is 0.140. The number of ether oxygens (including phenoxy) is 3. The number of para-hydroxylation sites is 1. The summed E-state index contributed by atoms with van der Waals surface area (Å²) >= 11 is 6.00. The molecule has 0 aliphatic carbocycles. The van der Waals surface area contributed by atoms with Gasteiger partial charge in [-0.2, -0.15) is 0 Å². The standard InChI is InChI=1S/C17H14ClNO7/c1-10(16(20)24-2)25-17(21)12-9-11(7-8-14(12)19(22)23)26-15-6-4-3-5-13(15)18/h3-10H,1-2H3. The summed E-state index contributed by atoms with van der Waals surface area (Å²) in [4.78, 5) is 34.1. The minimum atomic E-state index is -1.22. The molecule has 0 saturated carbocycles. The minimum Gasteiger partial charge on any atom is -0.466 e. The highest BCUT2D eigenvalue weighted by atomic mass is 35.5. The summed E-state index contributed by atoms with van der Waals surface area (Å²) in [6, 6.07) is 10.2. The van der Waals surface area contributed by atoms with E-state index < -0.39 is 28.7 Å². The monoisotopic (exact) mass is 379 g/mol. The second kappa shape index (κ2) is 8.30. The van der Waals surface area contributed by atoms with E-state index in [2.05, 4.69) is 4.74 Å². The SMILES string of the molecule is COC(=O)C(C)OC(=O)c1cc(Oc2ccccc2Cl)ccc1[N+](=O)[O-]. The second-order valence-electron chi connectivity index (χ2n) is 5.04. The lowest BCUT2D eigenvalue weighted by Crippen LogP contribution is -2.25. The predicted molar refractivity (Wildman–Crippen MR) is 91.5 cm³/mol. The quantitative estimate of drug-likeness (QED) is 0.427. The lowest BCUT2D eigenvalue weighted by atomic mass is 10.1. The number of rotatable bonds is 6. The van der Waals surface area contributed by atoms with Crippen LogP contribution in [0, 0.1) is 10.1 Å². The summed E-state index contributed by atoms with van der Waals surface area (Å²) in [5.74, 6) is -1.39. The van der Waals surface area contributed by atoms with Gasteiger partial charge in [0.15, 0.2) is 6.10 Å². The molecule has 2 aromatic rings. The van der Waals surface area contributed by atoms with Crippen molar-refractivity contribution in [2.24, 2.45) is 0 Å². The van der Waals surface area contributed by atoms with Crippen molar-refractivity contribution in [2.45, 2.75) is 13.0 Å². The molecule has 0 bridgehead atoms. The molecule has 0 spiro atoms. The topological polar surface area (TPSA) is 105 Å². The Bertz CT molecular complexity index is 853. The Morgan fingerprint density at radius 1 is 1.19 bits per heavy atom. The van der Waals surface area contributed by atoms with Gasteiger partial charge in [0, 0.05) is 12.1 Å². The average molecular weight is 380 g/mol. The summed E-state index contributed by atoms with van der Waals surface area (Å²) in [7, 11) is 1.13. The summed E-state index contributed by atoms with van der Waals surface area (Å²) in [5, 5.41) is 11.5. The van der Waals surface area contributed by atoms with Gasteiger partial charge in [-0.1, -0.05) is 23.7 Å². The largest absolute Gasteiger partial charge is 0.466 e. The van der Waals surface area contributed by atoms with Crippen LogP contribution in [0.1, 0.15) is 17.3 Å². The molecule has 0 aliphatic rings. The van der Waals surface area contributed by atoms with E-state index >= 15 is 0 Å². The molecule has 0 N–H and O–H groups in total. The first-order valence-corrected chi connectivity index (χ1v) is 7.71. The van der Waals surface area contributed by atoms with Crippen LogP contribution in [-0.4, -0.2) is 30.1 Å². The Labute approximate surface area is 153 Å². The van der Waals surface area contributed by atoms with Crippen molar-refractivity contribution in [3.8, 4) is 11.5 Å². The number of hydrogen-bond acceptors (Lipinski definition) is 7. The second-order valence-corrected chi connectivity index (χ2v) is 5.45. The van der Waals surface area contributed by atoms with Crippen LogP contribution in [-0.2, 0) is 14.3 Å². The van der Waals surface area contributed by atoms with Crippen LogP contribution in [0.3, 0.4) is 0 Å². The summed E-state index contributed by atoms with van der Waals surface area (Å²) < 4.78 is 14.9. The van der Waals surface area contributed by atoms with Crippen molar-refractivity contribution in [1.29, 1.82) is 0 Å². The molecule has 0 aliphatic heterocycles. The van der Waals surface area contributed by atoms with Gasteiger partial charge in [-0.3, -0.25) is 10.1 Å². The fourth-order valence-electron chi connectivity index (χ4n) is 1.99. The Balaban J connectivity index is 2.33. The summed E-state index contributed by atoms with van der Waals surface area (Å²) in [5.41, 5.74) is -0.853. The van der Waals surface area contributed by atoms with Crippen molar-refractivity contribution >= 4 is 29.2 Å². The molecule has 1 atom stereocenters. The fraction of sp³-hybridized carbons (Fsp3) is 0.176. The molecule has 0 radical (unpaired) electrons. The Kier molecular flexibility index (Phi) is 6.13. The third-order valence-electron chi connectivity index (χ3n) is 3.27. The zero-order valence-corrected chi connectivity index (χ0v) is 14.6. The first-order chi connectivity index (χ1) is 12.3. The van der Waals surface area contributed by atoms with Crippen molar-refractivity contribution in [3.05, 3.63) is 63.2 Å². The van der Waals surface area contributed by atoms with E-state index in [1.165, 1.54) is 13.0 Å². The number of methoxy groups -OCH3 is 1. The maximum atomic E-state index is 12.3. The Morgan fingerprint density at radius 2 is 1.88 bits per heavy atom. The highest BCUT2D eigenvalue weighted by Crippen LogP contribution is 2.32. The normalized spacial score (nSPS) is 11.3. The number of hydrogen-bond donors (Lipinski definition) is 0. The number of carbonyl (C=O) groups excluding carboxylic acids is 2. The Hall–Kier alpha value is -3.13. The highest BCUT2D eigenvalue weighted by molar-refractivity contribution is 6.32. The van der Waals surface area contributed by atoms with Gasteiger partial charge in [-0.05, 0) is 25.1 Å². The number of halogens is 1. The van der Waals surface area contributed by atoms with E-state index in [0.29, 0.717) is 10.8 Å². The van der Waals surface area contributed by atoms with Gasteiger partial charge >= 0.3 is 11.9 Å². The van der Waals surface area contributed by atoms with E-state index in [1.807, 2.05) is 0 Å². The summed E-state index contributed by atoms with van der Waals surface area (Å²) in [6.07, 6.45) is -1.22. The number of benzene rings is 2. The number of nitro benzene ring substituents is 1. The molecule has 2 rings (SSSR count). The molecule has 0 saturated heterocycles. The van der Waals surface area contributed by atoms with Crippen molar-refractivity contribution in [1.82, 2.24) is 0 Å². The van der Waals surface area contributed by atoms with Crippen LogP contribution in [0.2, 0.25) is 5.02 Å². The molecule has 8 nitrogen and oxygen atoms in total. The molecule has 136 valence electrons. The maximum Gasteiger partial charge on any atom is 0.346 e. The van der Waals surface area contributed by atoms with Crippen molar-refractivity contribution in [2.75, 3.05) is 7.11 Å². The fourth-order valence-corrected chi connectivity index (χ4v) is 2.17. The van der Waals surface area contributed by atoms with Gasteiger partial charge in [0.25, 0.3) is 5.69 Å². The van der Waals surface area contributed by atoms with Crippen LogP contribution in [0.5, 0.6) is 11.5 Å². The molecule has 0 amide bonds. The third kappa shape index (κ3) is 4.48. The first kappa shape index (κ1) is 19.2. The molecule has 0 heterocycles. The zero-order chi connectivity index (χ0) is 19.3. The van der Waals surface area contributed by atoms with E-state index in [0.717, 1.165) is 19.2 Å². The van der Waals surface area contributed by atoms with E-state index in [9.17, 15) is 19.7 Å². The average Bonchev–Trinajstić information content (AvgIpc) is 2.62. The van der Waals surface area contributed by atoms with Crippen LogP contribution < -0.4 is 4.74 Å². The molecular weight excluding hydrogens is 366 g/mol. The lowest BCUT2D eigenvalue weighted by Gasteiger charge is -2.12. The molecule has 26 heavy (non-hydrogen) atoms. The van der Waals surface area contributed by atoms with Crippen LogP contribution in [0.15, 0.2) is 42.5 Å². The van der Waals surface area contributed by atoms with Gasteiger partial charge in [0.1, 0.15) is 17.1 Å². The number of nitro groups is 1. The van der Waals surface area contributed by atoms with Gasteiger partial charge in [0.05, 0.1) is 17.1 Å². The highest BCUT2D eigenvalue weighted by Gasteiger charge is 2.26. The molecular formula is C17H14ClNO7. The predicted octanol–water partition coefficient (Wildman–Crippen LogP) is 3.76. The maximum absolute atomic E-state index is 12.3. The zero-order valence-electron chi connectivity index (χ0n) is 13.8. The Morgan fingerprint density at radius 3 is 2.50 bits per heavy atom. The van der Waals surface area contributed by atoms with E-state index in [4.69, 9.17) is 21.1 Å². The van der Waals surface area contributed by atoms with Crippen LogP contribution in [0.25, 0.3) is 0 Å². The number of carbonyl (C=O) groups is 2. The molecule has 1 unspecified atom stereocenters. The third-order valence-corrected chi connectivity index (χ3v) is 3.58. The number of esters is 2. The molecule has 2 aromatic carbocycles. The van der Waals surface area contributed by atoms with Gasteiger partial charge in [-0.15, -0.1) is 0 Å². The van der Waals surface area contributed by atoms with Crippen LogP contribution in [0.4, 0.5) is 5.69 Å². The smallest absolute Gasteiger partial charge is 0.346 e. The molecule has 0 aromatic heterocycles. The van der Waals surface area contributed by atoms with Gasteiger partial charge in [-0.25, -0.2) is 9.59 Å². The number of nitrogens with zero attached hydrogens (tertiary/aromatic N) is 1. The molecule has 9 heteroatoms. The van der Waals surface area contributed by atoms with Crippen molar-refractivity contribution in [3.63, 3.8) is 0 Å².